The Bertz CT molecular complexity index is 459. The molecule has 0 N–H and O–H groups in total. The molecule has 19 heavy (non-hydrogen) atoms. The van der Waals surface area contributed by atoms with Crippen LogP contribution in [-0.4, -0.2) is 30.3 Å². The molecule has 104 valence electrons. The largest absolute Gasteiger partial charge is 0.297 e. The minimum Gasteiger partial charge on any atom is -0.297 e. The summed E-state index contributed by atoms with van der Waals surface area (Å²) in [5.41, 5.74) is -1.15. The number of nitrogens with zero attached hydrogens (tertiary/aromatic N) is 1. The van der Waals surface area contributed by atoms with E-state index in [-0.39, 0.29) is 0 Å². The Hall–Kier alpha value is -1.29. The van der Waals surface area contributed by atoms with Crippen molar-refractivity contribution in [2.75, 3.05) is 14.1 Å². The van der Waals surface area contributed by atoms with E-state index in [1.165, 1.54) is 6.07 Å². The summed E-state index contributed by atoms with van der Waals surface area (Å²) in [6, 6.07) is 3.57. The number of likely N-dealkylation sites (N-methyl/N-ethyl adjacent to an activating group) is 1. The molecule has 0 bridgehead atoms. The van der Waals surface area contributed by atoms with Gasteiger partial charge in [0, 0.05) is 0 Å². The molecular weight excluding hydrogens is 248 g/mol. The van der Waals surface area contributed by atoms with E-state index in [0.717, 1.165) is 31.4 Å². The van der Waals surface area contributed by atoms with Crippen molar-refractivity contribution in [2.45, 2.75) is 37.6 Å². The minimum atomic E-state index is -0.767. The van der Waals surface area contributed by atoms with Crippen LogP contribution in [0.3, 0.4) is 0 Å². The zero-order chi connectivity index (χ0) is 14.0. The number of halogens is 2. The van der Waals surface area contributed by atoms with Crippen molar-refractivity contribution in [1.82, 2.24) is 4.90 Å². The second kappa shape index (κ2) is 5.37. The van der Waals surface area contributed by atoms with Gasteiger partial charge in [0.2, 0.25) is 0 Å². The van der Waals surface area contributed by atoms with Crippen LogP contribution >= 0.6 is 0 Å². The topological polar surface area (TPSA) is 20.3 Å². The molecule has 0 spiro atoms. The van der Waals surface area contributed by atoms with Crippen LogP contribution in [0.5, 0.6) is 0 Å². The van der Waals surface area contributed by atoms with Crippen molar-refractivity contribution in [3.63, 3.8) is 0 Å². The summed E-state index contributed by atoms with van der Waals surface area (Å²) in [4.78, 5) is 14.5. The third-order valence-electron chi connectivity index (χ3n) is 4.15. The molecule has 4 heteroatoms. The zero-order valence-corrected chi connectivity index (χ0v) is 11.4. The minimum absolute atomic E-state index is 0.391. The third-order valence-corrected chi connectivity index (χ3v) is 4.15. The van der Waals surface area contributed by atoms with Crippen molar-refractivity contribution >= 4 is 5.78 Å². The first-order valence-corrected chi connectivity index (χ1v) is 6.65. The van der Waals surface area contributed by atoms with E-state index in [2.05, 4.69) is 0 Å². The van der Waals surface area contributed by atoms with Crippen LogP contribution in [0, 0.1) is 11.6 Å². The van der Waals surface area contributed by atoms with E-state index in [1.54, 1.807) is 0 Å². The van der Waals surface area contributed by atoms with Gasteiger partial charge in [-0.15, -0.1) is 0 Å². The zero-order valence-electron chi connectivity index (χ0n) is 11.4. The molecule has 1 aromatic rings. The number of hydrogen-bond donors (Lipinski definition) is 0. The van der Waals surface area contributed by atoms with Crippen molar-refractivity contribution in [3.05, 3.63) is 35.4 Å². The maximum Gasteiger partial charge on any atom is 0.188 e. The fourth-order valence-corrected chi connectivity index (χ4v) is 2.96. The Morgan fingerprint density at radius 1 is 1.11 bits per heavy atom. The van der Waals surface area contributed by atoms with Crippen LogP contribution in [0.4, 0.5) is 8.78 Å². The summed E-state index contributed by atoms with van der Waals surface area (Å²) in [7, 11) is 3.62. The summed E-state index contributed by atoms with van der Waals surface area (Å²) in [6.07, 6.45) is 4.22. The molecule has 0 aromatic heterocycles. The molecule has 1 fully saturated rings. The van der Waals surface area contributed by atoms with E-state index in [9.17, 15) is 13.6 Å². The number of Topliss-reactive ketones (excluding diaryl/α,β-unsaturated/α-hetero) is 1. The molecule has 0 radical (unpaired) electrons. The molecule has 1 aromatic carbocycles. The van der Waals surface area contributed by atoms with E-state index in [0.29, 0.717) is 12.8 Å². The number of carbonyl (C=O) groups excluding carboxylic acids is 1. The average molecular weight is 267 g/mol. The third kappa shape index (κ3) is 2.41. The van der Waals surface area contributed by atoms with Crippen LogP contribution in [0.2, 0.25) is 0 Å². The lowest BCUT2D eigenvalue weighted by Gasteiger charge is -2.41. The summed E-state index contributed by atoms with van der Waals surface area (Å²) in [6.45, 7) is 0. The van der Waals surface area contributed by atoms with Gasteiger partial charge in [0.05, 0.1) is 11.1 Å². The van der Waals surface area contributed by atoms with Gasteiger partial charge in [-0.3, -0.25) is 9.69 Å². The molecular formula is C15H19F2NO. The van der Waals surface area contributed by atoms with E-state index < -0.39 is 28.5 Å². The number of benzene rings is 1. The highest BCUT2D eigenvalue weighted by Crippen LogP contribution is 2.36. The van der Waals surface area contributed by atoms with E-state index in [1.807, 2.05) is 19.0 Å². The predicted molar refractivity (Wildman–Crippen MR) is 70.2 cm³/mol. The molecule has 1 aliphatic carbocycles. The summed E-state index contributed by atoms with van der Waals surface area (Å²) >= 11 is 0. The second-order valence-corrected chi connectivity index (χ2v) is 5.41. The maximum absolute atomic E-state index is 13.8. The molecule has 0 amide bonds. The quantitative estimate of drug-likeness (QED) is 0.782. The summed E-state index contributed by atoms with van der Waals surface area (Å²) in [5.74, 6) is -1.96. The monoisotopic (exact) mass is 267 g/mol. The summed E-state index contributed by atoms with van der Waals surface area (Å²) in [5, 5.41) is 0. The van der Waals surface area contributed by atoms with Crippen molar-refractivity contribution < 1.29 is 13.6 Å². The van der Waals surface area contributed by atoms with Gasteiger partial charge in [-0.05, 0) is 39.1 Å². The average Bonchev–Trinajstić information content (AvgIpc) is 2.39. The standard InChI is InChI=1S/C15H19F2NO/c1-18(2)15(9-4-3-5-10-15)14(19)13-11(16)7-6-8-12(13)17/h6-8H,3-5,9-10H2,1-2H3. The van der Waals surface area contributed by atoms with Crippen LogP contribution in [-0.2, 0) is 0 Å². The van der Waals surface area contributed by atoms with Gasteiger partial charge in [-0.1, -0.05) is 25.3 Å². The molecule has 1 saturated carbocycles. The SMILES string of the molecule is CN(C)C1(C(=O)c2c(F)cccc2F)CCCCC1. The van der Waals surface area contributed by atoms with Gasteiger partial charge >= 0.3 is 0 Å². The Morgan fingerprint density at radius 2 is 1.63 bits per heavy atom. The van der Waals surface area contributed by atoms with Gasteiger partial charge in [0.25, 0.3) is 0 Å². The normalized spacial score (nSPS) is 18.6. The van der Waals surface area contributed by atoms with Crippen LogP contribution in [0.15, 0.2) is 18.2 Å². The molecule has 1 aliphatic rings. The lowest BCUT2D eigenvalue weighted by atomic mass is 9.75. The first-order chi connectivity index (χ1) is 8.99. The number of hydrogen-bond acceptors (Lipinski definition) is 2. The number of rotatable bonds is 3. The molecule has 0 saturated heterocycles. The fraction of sp³-hybridized carbons (Fsp3) is 0.533. The van der Waals surface area contributed by atoms with Crippen LogP contribution in [0.25, 0.3) is 0 Å². The van der Waals surface area contributed by atoms with Crippen molar-refractivity contribution in [2.24, 2.45) is 0 Å². The lowest BCUT2D eigenvalue weighted by Crippen LogP contribution is -2.52. The maximum atomic E-state index is 13.8. The van der Waals surface area contributed by atoms with Gasteiger partial charge in [0.15, 0.2) is 5.78 Å². The highest BCUT2D eigenvalue weighted by atomic mass is 19.1. The first-order valence-electron chi connectivity index (χ1n) is 6.65. The highest BCUT2D eigenvalue weighted by molar-refractivity contribution is 6.03. The van der Waals surface area contributed by atoms with Gasteiger partial charge in [-0.25, -0.2) is 8.78 Å². The van der Waals surface area contributed by atoms with Gasteiger partial charge in [0.1, 0.15) is 11.6 Å². The Kier molecular flexibility index (Phi) is 3.99. The summed E-state index contributed by atoms with van der Waals surface area (Å²) < 4.78 is 27.6. The van der Waals surface area contributed by atoms with Crippen LogP contribution in [0.1, 0.15) is 42.5 Å². The van der Waals surface area contributed by atoms with Gasteiger partial charge < -0.3 is 0 Å². The van der Waals surface area contributed by atoms with Gasteiger partial charge in [-0.2, -0.15) is 0 Å². The number of carbonyl (C=O) groups is 1. The first kappa shape index (κ1) is 14.1. The predicted octanol–water partition coefficient (Wildman–Crippen LogP) is 3.41. The molecule has 2 nitrogen and oxygen atoms in total. The number of ketones is 1. The molecule has 0 heterocycles. The highest BCUT2D eigenvalue weighted by Gasteiger charge is 2.43. The lowest BCUT2D eigenvalue weighted by molar-refractivity contribution is 0.0555. The van der Waals surface area contributed by atoms with E-state index >= 15 is 0 Å². The Morgan fingerprint density at radius 3 is 2.11 bits per heavy atom. The second-order valence-electron chi connectivity index (χ2n) is 5.41. The molecule has 2 rings (SSSR count). The van der Waals surface area contributed by atoms with Crippen molar-refractivity contribution in [1.29, 1.82) is 0 Å². The van der Waals surface area contributed by atoms with Crippen LogP contribution < -0.4 is 0 Å². The molecule has 0 aliphatic heterocycles. The fourth-order valence-electron chi connectivity index (χ4n) is 2.96. The molecule has 0 atom stereocenters. The smallest absolute Gasteiger partial charge is 0.188 e. The Balaban J connectivity index is 2.45. The van der Waals surface area contributed by atoms with E-state index in [4.69, 9.17) is 0 Å². The van der Waals surface area contributed by atoms with Crippen molar-refractivity contribution in [3.8, 4) is 0 Å². The molecule has 0 unspecified atom stereocenters. The Labute approximate surface area is 112 Å².